The Morgan fingerprint density at radius 2 is 2.13 bits per heavy atom. The number of nitrogens with zero attached hydrogens (tertiary/aromatic N) is 2. The van der Waals surface area contributed by atoms with Gasteiger partial charge in [0.05, 0.1) is 5.69 Å². The first kappa shape index (κ1) is 10.5. The number of aromatic nitrogens is 2. The smallest absolute Gasteiger partial charge is 0.127 e. The van der Waals surface area contributed by atoms with Gasteiger partial charge in [-0.05, 0) is 19.3 Å². The van der Waals surface area contributed by atoms with Gasteiger partial charge in [-0.2, -0.15) is 0 Å². The van der Waals surface area contributed by atoms with Gasteiger partial charge in [0.15, 0.2) is 0 Å². The van der Waals surface area contributed by atoms with Crippen LogP contribution in [0.1, 0.15) is 57.0 Å². The number of nitrogens with two attached hydrogens (primary N) is 1. The van der Waals surface area contributed by atoms with Gasteiger partial charge in [0.2, 0.25) is 0 Å². The number of hydrogen-bond donors (Lipinski definition) is 1. The van der Waals surface area contributed by atoms with Crippen molar-refractivity contribution in [2.75, 3.05) is 5.73 Å². The number of aryl methyl sites for hydroxylation is 1. The van der Waals surface area contributed by atoms with Gasteiger partial charge < -0.3 is 10.3 Å². The van der Waals surface area contributed by atoms with Gasteiger partial charge in [-0.25, -0.2) is 4.98 Å². The first-order valence-corrected chi connectivity index (χ1v) is 6.12. The molecule has 2 N–H and O–H groups in total. The maximum atomic E-state index is 6.18. The number of nitrogen functional groups attached to an aromatic ring is 1. The highest BCUT2D eigenvalue weighted by atomic mass is 15.1. The minimum Gasteiger partial charge on any atom is -0.384 e. The molecule has 2 rings (SSSR count). The lowest BCUT2D eigenvalue weighted by Gasteiger charge is -2.24. The summed E-state index contributed by atoms with van der Waals surface area (Å²) in [4.78, 5) is 4.71. The second kappa shape index (κ2) is 4.25. The summed E-state index contributed by atoms with van der Waals surface area (Å²) in [6.45, 7) is 5.34. The lowest BCUT2D eigenvalue weighted by atomic mass is 9.83. The van der Waals surface area contributed by atoms with Crippen LogP contribution in [0.15, 0.2) is 0 Å². The molecule has 0 aromatic carbocycles. The maximum Gasteiger partial charge on any atom is 0.127 e. The van der Waals surface area contributed by atoms with Crippen LogP contribution in [0.5, 0.6) is 0 Å². The van der Waals surface area contributed by atoms with Crippen LogP contribution in [0, 0.1) is 0 Å². The molecule has 0 radical (unpaired) electrons. The molecule has 0 bridgehead atoms. The van der Waals surface area contributed by atoms with E-state index in [1.807, 2.05) is 0 Å². The fourth-order valence-corrected chi connectivity index (χ4v) is 2.26. The van der Waals surface area contributed by atoms with E-state index in [1.165, 1.54) is 25.0 Å². The Balaban J connectivity index is 2.30. The summed E-state index contributed by atoms with van der Waals surface area (Å²) < 4.78 is 2.20. The van der Waals surface area contributed by atoms with E-state index in [0.717, 1.165) is 31.0 Å². The zero-order chi connectivity index (χ0) is 10.8. The van der Waals surface area contributed by atoms with Crippen molar-refractivity contribution in [2.45, 2.75) is 58.4 Å². The van der Waals surface area contributed by atoms with Crippen LogP contribution in [0.2, 0.25) is 0 Å². The standard InChI is InChI=1S/C12H21N3/c1-3-8-15-10(4-2)14-11(12(15)13)9-6-5-7-9/h9H,3-8,13H2,1-2H3. The van der Waals surface area contributed by atoms with Gasteiger partial charge in [0, 0.05) is 18.9 Å². The lowest BCUT2D eigenvalue weighted by Crippen LogP contribution is -2.12. The average Bonchev–Trinajstić information content (AvgIpc) is 2.44. The highest BCUT2D eigenvalue weighted by Crippen LogP contribution is 2.38. The Morgan fingerprint density at radius 1 is 1.40 bits per heavy atom. The van der Waals surface area contributed by atoms with Gasteiger partial charge in [-0.3, -0.25) is 0 Å². The largest absolute Gasteiger partial charge is 0.384 e. The quantitative estimate of drug-likeness (QED) is 0.825. The first-order chi connectivity index (χ1) is 7.27. The van der Waals surface area contributed by atoms with Crippen molar-refractivity contribution in [1.29, 1.82) is 0 Å². The number of imidazole rings is 1. The van der Waals surface area contributed by atoms with E-state index in [1.54, 1.807) is 0 Å². The van der Waals surface area contributed by atoms with Crippen LogP contribution >= 0.6 is 0 Å². The van der Waals surface area contributed by atoms with Crippen molar-refractivity contribution in [3.63, 3.8) is 0 Å². The molecule has 0 aliphatic heterocycles. The molecule has 1 aliphatic rings. The Hall–Kier alpha value is -0.990. The van der Waals surface area contributed by atoms with Crippen molar-refractivity contribution in [2.24, 2.45) is 0 Å². The van der Waals surface area contributed by atoms with Crippen LogP contribution in [0.25, 0.3) is 0 Å². The van der Waals surface area contributed by atoms with Gasteiger partial charge >= 0.3 is 0 Å². The van der Waals surface area contributed by atoms with Gasteiger partial charge in [0.25, 0.3) is 0 Å². The summed E-state index contributed by atoms with van der Waals surface area (Å²) in [5, 5.41) is 0. The van der Waals surface area contributed by atoms with Crippen LogP contribution in [-0.4, -0.2) is 9.55 Å². The van der Waals surface area contributed by atoms with E-state index in [4.69, 9.17) is 10.7 Å². The van der Waals surface area contributed by atoms with Gasteiger partial charge in [0.1, 0.15) is 11.6 Å². The Morgan fingerprint density at radius 3 is 2.60 bits per heavy atom. The fraction of sp³-hybridized carbons (Fsp3) is 0.750. The van der Waals surface area contributed by atoms with Crippen molar-refractivity contribution >= 4 is 5.82 Å². The molecule has 1 fully saturated rings. The number of rotatable bonds is 4. The molecular weight excluding hydrogens is 186 g/mol. The van der Waals surface area contributed by atoms with E-state index in [9.17, 15) is 0 Å². The summed E-state index contributed by atoms with van der Waals surface area (Å²) in [7, 11) is 0. The second-order valence-electron chi connectivity index (χ2n) is 4.43. The molecule has 1 aromatic heterocycles. The van der Waals surface area contributed by atoms with Crippen molar-refractivity contribution < 1.29 is 0 Å². The number of anilines is 1. The minimum absolute atomic E-state index is 0.647. The summed E-state index contributed by atoms with van der Waals surface area (Å²) in [6, 6.07) is 0. The molecule has 15 heavy (non-hydrogen) atoms. The molecule has 3 nitrogen and oxygen atoms in total. The molecule has 1 heterocycles. The molecule has 1 saturated carbocycles. The lowest BCUT2D eigenvalue weighted by molar-refractivity contribution is 0.413. The Kier molecular flexibility index (Phi) is 2.98. The summed E-state index contributed by atoms with van der Waals surface area (Å²) in [5.41, 5.74) is 7.35. The van der Waals surface area contributed by atoms with Crippen molar-refractivity contribution in [3.8, 4) is 0 Å². The number of hydrogen-bond acceptors (Lipinski definition) is 2. The topological polar surface area (TPSA) is 43.8 Å². The minimum atomic E-state index is 0.647. The van der Waals surface area contributed by atoms with E-state index in [2.05, 4.69) is 18.4 Å². The SMILES string of the molecule is CCCn1c(CC)nc(C2CCC2)c1N. The highest BCUT2D eigenvalue weighted by molar-refractivity contribution is 5.41. The molecule has 84 valence electrons. The zero-order valence-corrected chi connectivity index (χ0v) is 9.79. The monoisotopic (exact) mass is 207 g/mol. The molecule has 0 atom stereocenters. The van der Waals surface area contributed by atoms with Crippen molar-refractivity contribution in [1.82, 2.24) is 9.55 Å². The summed E-state index contributed by atoms with van der Waals surface area (Å²) in [6.07, 6.45) is 5.99. The molecule has 0 amide bonds. The Labute approximate surface area is 91.7 Å². The predicted octanol–water partition coefficient (Wildman–Crippen LogP) is 2.71. The first-order valence-electron chi connectivity index (χ1n) is 6.12. The molecule has 1 aromatic rings. The maximum absolute atomic E-state index is 6.18. The van der Waals surface area contributed by atoms with Crippen LogP contribution in [-0.2, 0) is 13.0 Å². The molecule has 0 spiro atoms. The summed E-state index contributed by atoms with van der Waals surface area (Å²) >= 11 is 0. The fourth-order valence-electron chi connectivity index (χ4n) is 2.26. The predicted molar refractivity (Wildman–Crippen MR) is 62.9 cm³/mol. The van der Waals surface area contributed by atoms with Crippen molar-refractivity contribution in [3.05, 3.63) is 11.5 Å². The third kappa shape index (κ3) is 1.75. The molecule has 0 saturated heterocycles. The molecule has 3 heteroatoms. The van der Waals surface area contributed by atoms with Crippen LogP contribution in [0.3, 0.4) is 0 Å². The Bertz CT molecular complexity index is 337. The van der Waals surface area contributed by atoms with E-state index in [-0.39, 0.29) is 0 Å². The zero-order valence-electron chi connectivity index (χ0n) is 9.79. The van der Waals surface area contributed by atoms with Crippen LogP contribution in [0.4, 0.5) is 5.82 Å². The third-order valence-electron chi connectivity index (χ3n) is 3.37. The second-order valence-corrected chi connectivity index (χ2v) is 4.43. The van der Waals surface area contributed by atoms with E-state index < -0.39 is 0 Å². The van der Waals surface area contributed by atoms with Gasteiger partial charge in [-0.15, -0.1) is 0 Å². The van der Waals surface area contributed by atoms with E-state index >= 15 is 0 Å². The highest BCUT2D eigenvalue weighted by Gasteiger charge is 2.26. The normalized spacial score (nSPS) is 16.7. The molecule has 0 unspecified atom stereocenters. The average molecular weight is 207 g/mol. The molecular formula is C12H21N3. The van der Waals surface area contributed by atoms with Crippen LogP contribution < -0.4 is 5.73 Å². The molecule has 1 aliphatic carbocycles. The summed E-state index contributed by atoms with van der Waals surface area (Å²) in [5.74, 6) is 2.74. The van der Waals surface area contributed by atoms with Gasteiger partial charge in [-0.1, -0.05) is 20.3 Å². The third-order valence-corrected chi connectivity index (χ3v) is 3.37. The van der Waals surface area contributed by atoms with E-state index in [0.29, 0.717) is 5.92 Å².